The fourth-order valence-electron chi connectivity index (χ4n) is 2.68. The van der Waals surface area contributed by atoms with Gasteiger partial charge in [0.05, 0.1) is 13.2 Å². The van der Waals surface area contributed by atoms with Crippen LogP contribution in [0.25, 0.3) is 0 Å². The van der Waals surface area contributed by atoms with E-state index in [1.807, 2.05) is 18.2 Å². The van der Waals surface area contributed by atoms with Crippen LogP contribution < -0.4 is 9.47 Å². The maximum absolute atomic E-state index is 10.1. The van der Waals surface area contributed by atoms with Gasteiger partial charge in [0.2, 0.25) is 0 Å². The van der Waals surface area contributed by atoms with E-state index < -0.39 is 6.10 Å². The van der Waals surface area contributed by atoms with Crippen molar-refractivity contribution in [2.24, 2.45) is 5.92 Å². The topological polar surface area (TPSA) is 38.7 Å². The number of ether oxygens (including phenoxy) is 2. The molecule has 1 heterocycles. The Morgan fingerprint density at radius 1 is 1.35 bits per heavy atom. The number of aliphatic hydroxyl groups excluding tert-OH is 1. The molecule has 2 unspecified atom stereocenters. The summed E-state index contributed by atoms with van der Waals surface area (Å²) >= 11 is 0. The van der Waals surface area contributed by atoms with Crippen LogP contribution in [-0.2, 0) is 0 Å². The van der Waals surface area contributed by atoms with E-state index >= 15 is 0 Å². The fraction of sp³-hybridized carbons (Fsp3) is 0.571. The Kier molecular flexibility index (Phi) is 2.71. The highest BCUT2D eigenvalue weighted by Crippen LogP contribution is 2.42. The van der Waals surface area contributed by atoms with Crippen molar-refractivity contribution in [3.8, 4) is 11.5 Å². The molecule has 0 radical (unpaired) electrons. The largest absolute Gasteiger partial charge is 0.497 e. The highest BCUT2D eigenvalue weighted by molar-refractivity contribution is 5.43. The molecule has 1 aliphatic heterocycles. The molecule has 1 aromatic rings. The second kappa shape index (κ2) is 4.22. The van der Waals surface area contributed by atoms with Crippen LogP contribution in [0.1, 0.15) is 37.4 Å². The maximum atomic E-state index is 10.1. The van der Waals surface area contributed by atoms with Crippen LogP contribution in [0.3, 0.4) is 0 Å². The number of hydrogen-bond donors (Lipinski definition) is 1. The molecule has 3 rings (SSSR count). The summed E-state index contributed by atoms with van der Waals surface area (Å²) in [5.74, 6) is 2.20. The van der Waals surface area contributed by atoms with E-state index in [4.69, 9.17) is 9.47 Å². The number of benzene rings is 1. The highest BCUT2D eigenvalue weighted by Gasteiger charge is 2.35. The zero-order chi connectivity index (χ0) is 11.8. The normalized spacial score (nSPS) is 27.9. The number of hydrogen-bond acceptors (Lipinski definition) is 3. The first kappa shape index (κ1) is 10.9. The SMILES string of the molecule is COc1ccc2c(c1)OC(C1CCC1)CC2O. The van der Waals surface area contributed by atoms with Gasteiger partial charge < -0.3 is 14.6 Å². The molecule has 92 valence electrons. The van der Waals surface area contributed by atoms with Gasteiger partial charge in [-0.2, -0.15) is 0 Å². The minimum Gasteiger partial charge on any atom is -0.497 e. The van der Waals surface area contributed by atoms with Crippen molar-refractivity contribution < 1.29 is 14.6 Å². The number of rotatable bonds is 2. The molecule has 0 bridgehead atoms. The third-order valence-electron chi connectivity index (χ3n) is 3.99. The fourth-order valence-corrected chi connectivity index (χ4v) is 2.68. The lowest BCUT2D eigenvalue weighted by molar-refractivity contribution is 0.0104. The Labute approximate surface area is 101 Å². The highest BCUT2D eigenvalue weighted by atomic mass is 16.5. The first-order valence-corrected chi connectivity index (χ1v) is 6.30. The van der Waals surface area contributed by atoms with E-state index in [-0.39, 0.29) is 6.10 Å². The predicted molar refractivity (Wildman–Crippen MR) is 64.3 cm³/mol. The molecule has 0 saturated heterocycles. The van der Waals surface area contributed by atoms with E-state index in [1.54, 1.807) is 7.11 Å². The van der Waals surface area contributed by atoms with Gasteiger partial charge in [0.25, 0.3) is 0 Å². The maximum Gasteiger partial charge on any atom is 0.129 e. The van der Waals surface area contributed by atoms with E-state index in [2.05, 4.69) is 0 Å². The van der Waals surface area contributed by atoms with Gasteiger partial charge in [0.1, 0.15) is 17.6 Å². The number of fused-ring (bicyclic) bond motifs is 1. The van der Waals surface area contributed by atoms with Crippen LogP contribution in [0.2, 0.25) is 0 Å². The van der Waals surface area contributed by atoms with Crippen molar-refractivity contribution in [3.05, 3.63) is 23.8 Å². The van der Waals surface area contributed by atoms with Crippen molar-refractivity contribution >= 4 is 0 Å². The Hall–Kier alpha value is -1.22. The van der Waals surface area contributed by atoms with Crippen LogP contribution in [0, 0.1) is 5.92 Å². The minimum absolute atomic E-state index is 0.179. The van der Waals surface area contributed by atoms with Gasteiger partial charge in [-0.05, 0) is 30.9 Å². The second-order valence-corrected chi connectivity index (χ2v) is 5.00. The Morgan fingerprint density at radius 2 is 2.18 bits per heavy atom. The Balaban J connectivity index is 1.86. The van der Waals surface area contributed by atoms with Gasteiger partial charge >= 0.3 is 0 Å². The molecule has 2 atom stereocenters. The third-order valence-corrected chi connectivity index (χ3v) is 3.99. The van der Waals surface area contributed by atoms with Gasteiger partial charge in [-0.25, -0.2) is 0 Å². The van der Waals surface area contributed by atoms with Gasteiger partial charge in [-0.1, -0.05) is 6.42 Å². The van der Waals surface area contributed by atoms with Gasteiger partial charge in [-0.3, -0.25) is 0 Å². The van der Waals surface area contributed by atoms with Crippen molar-refractivity contribution in [2.45, 2.75) is 37.9 Å². The van der Waals surface area contributed by atoms with Gasteiger partial charge in [-0.15, -0.1) is 0 Å². The van der Waals surface area contributed by atoms with E-state index in [1.165, 1.54) is 19.3 Å². The average Bonchev–Trinajstić information content (AvgIpc) is 2.26. The lowest BCUT2D eigenvalue weighted by atomic mass is 9.78. The summed E-state index contributed by atoms with van der Waals surface area (Å²) in [4.78, 5) is 0. The van der Waals surface area contributed by atoms with Crippen LogP contribution >= 0.6 is 0 Å². The first-order valence-electron chi connectivity index (χ1n) is 6.30. The molecule has 3 nitrogen and oxygen atoms in total. The van der Waals surface area contributed by atoms with Crippen LogP contribution in [0.5, 0.6) is 11.5 Å². The quantitative estimate of drug-likeness (QED) is 0.855. The molecule has 1 fully saturated rings. The standard InChI is InChI=1S/C14H18O3/c1-16-10-5-6-11-12(15)8-13(9-3-2-4-9)17-14(11)7-10/h5-7,9,12-13,15H,2-4,8H2,1H3. The molecule has 1 aliphatic carbocycles. The molecule has 2 aliphatic rings. The number of methoxy groups -OCH3 is 1. The summed E-state index contributed by atoms with van der Waals surface area (Å²) in [5.41, 5.74) is 0.890. The Morgan fingerprint density at radius 3 is 2.82 bits per heavy atom. The first-order chi connectivity index (χ1) is 8.28. The molecule has 3 heteroatoms. The van der Waals surface area contributed by atoms with E-state index in [9.17, 15) is 5.11 Å². The van der Waals surface area contributed by atoms with Crippen LogP contribution in [-0.4, -0.2) is 18.3 Å². The second-order valence-electron chi connectivity index (χ2n) is 5.00. The summed E-state index contributed by atoms with van der Waals surface area (Å²) < 4.78 is 11.2. The molecular formula is C14H18O3. The molecule has 0 aromatic heterocycles. The van der Waals surface area contributed by atoms with Crippen molar-refractivity contribution in [1.29, 1.82) is 0 Å². The van der Waals surface area contributed by atoms with Crippen molar-refractivity contribution in [2.75, 3.05) is 7.11 Å². The van der Waals surface area contributed by atoms with E-state index in [0.29, 0.717) is 5.92 Å². The van der Waals surface area contributed by atoms with Crippen LogP contribution in [0.4, 0.5) is 0 Å². The summed E-state index contributed by atoms with van der Waals surface area (Å²) in [5, 5.41) is 10.1. The van der Waals surface area contributed by atoms with Gasteiger partial charge in [0, 0.05) is 18.1 Å². The van der Waals surface area contributed by atoms with Gasteiger partial charge in [0.15, 0.2) is 0 Å². The monoisotopic (exact) mass is 234 g/mol. The zero-order valence-corrected chi connectivity index (χ0v) is 10.1. The van der Waals surface area contributed by atoms with E-state index in [0.717, 1.165) is 23.5 Å². The minimum atomic E-state index is -0.393. The average molecular weight is 234 g/mol. The van der Waals surface area contributed by atoms with Crippen LogP contribution in [0.15, 0.2) is 18.2 Å². The van der Waals surface area contributed by atoms with Crippen molar-refractivity contribution in [1.82, 2.24) is 0 Å². The zero-order valence-electron chi connectivity index (χ0n) is 10.1. The predicted octanol–water partition coefficient (Wildman–Crippen LogP) is 2.68. The summed E-state index contributed by atoms with van der Waals surface area (Å²) in [6.45, 7) is 0. The molecule has 1 N–H and O–H groups in total. The summed E-state index contributed by atoms with van der Waals surface area (Å²) in [6.07, 6.45) is 4.27. The smallest absolute Gasteiger partial charge is 0.129 e. The lowest BCUT2D eigenvalue weighted by Crippen LogP contribution is -2.36. The molecular weight excluding hydrogens is 216 g/mol. The third kappa shape index (κ3) is 1.89. The molecule has 0 spiro atoms. The summed E-state index contributed by atoms with van der Waals surface area (Å²) in [6, 6.07) is 5.65. The molecule has 17 heavy (non-hydrogen) atoms. The Bertz CT molecular complexity index is 412. The molecule has 0 amide bonds. The molecule has 1 aromatic carbocycles. The molecule has 1 saturated carbocycles. The van der Waals surface area contributed by atoms with Crippen molar-refractivity contribution in [3.63, 3.8) is 0 Å². The summed E-state index contributed by atoms with van der Waals surface area (Å²) in [7, 11) is 1.64. The number of aliphatic hydroxyl groups is 1. The lowest BCUT2D eigenvalue weighted by Gasteiger charge is -2.38.